The van der Waals surface area contributed by atoms with Gasteiger partial charge in [-0.1, -0.05) is 48.0 Å². The van der Waals surface area contributed by atoms with Gasteiger partial charge in [0.05, 0.1) is 28.4 Å². The van der Waals surface area contributed by atoms with Crippen molar-refractivity contribution in [2.75, 3.05) is 36.4 Å². The molecule has 184 valence electrons. The number of rotatable bonds is 10. The summed E-state index contributed by atoms with van der Waals surface area (Å²) in [5, 5.41) is 5.70. The van der Waals surface area contributed by atoms with Crippen LogP contribution < -0.4 is 14.9 Å². The summed E-state index contributed by atoms with van der Waals surface area (Å²) in [5.41, 5.74) is 1.40. The summed E-state index contributed by atoms with van der Waals surface area (Å²) in [6, 6.07) is 19.1. The quantitative estimate of drug-likeness (QED) is 0.399. The molecule has 0 fully saturated rings. The van der Waals surface area contributed by atoms with Crippen LogP contribution in [0, 0.1) is 6.92 Å². The predicted molar refractivity (Wildman–Crippen MR) is 136 cm³/mol. The fourth-order valence-corrected chi connectivity index (χ4v) is 5.01. The Balaban J connectivity index is 1.92. The maximum Gasteiger partial charge on any atom is 0.264 e. The van der Waals surface area contributed by atoms with E-state index in [1.54, 1.807) is 61.5 Å². The van der Waals surface area contributed by atoms with Gasteiger partial charge in [0.1, 0.15) is 6.54 Å². The van der Waals surface area contributed by atoms with E-state index in [1.165, 1.54) is 25.3 Å². The number of methoxy groups -OCH3 is 1. The number of ether oxygens (including phenoxy) is 1. The molecular formula is C25H26ClN3O5S. The summed E-state index contributed by atoms with van der Waals surface area (Å²) in [4.78, 5) is 25.7. The van der Waals surface area contributed by atoms with Gasteiger partial charge >= 0.3 is 0 Å². The van der Waals surface area contributed by atoms with Crippen molar-refractivity contribution in [3.05, 3.63) is 88.9 Å². The summed E-state index contributed by atoms with van der Waals surface area (Å²) < 4.78 is 33.0. The highest BCUT2D eigenvalue weighted by Crippen LogP contribution is 2.29. The van der Waals surface area contributed by atoms with Crippen LogP contribution >= 0.6 is 11.6 Å². The van der Waals surface area contributed by atoms with E-state index in [0.29, 0.717) is 23.7 Å². The second-order valence-corrected chi connectivity index (χ2v) is 9.90. The van der Waals surface area contributed by atoms with Crippen molar-refractivity contribution < 1.29 is 22.7 Å². The van der Waals surface area contributed by atoms with E-state index in [9.17, 15) is 18.0 Å². The summed E-state index contributed by atoms with van der Waals surface area (Å²) in [5.74, 6) is -1.02. The molecule has 2 amide bonds. The Hall–Kier alpha value is -3.40. The average Bonchev–Trinajstić information content (AvgIpc) is 2.85. The normalized spacial score (nSPS) is 11.1. The van der Waals surface area contributed by atoms with Crippen LogP contribution in [0.25, 0.3) is 0 Å². The number of aryl methyl sites for hydroxylation is 1. The molecule has 0 bridgehead atoms. The van der Waals surface area contributed by atoms with Gasteiger partial charge in [0, 0.05) is 18.7 Å². The number of sulfonamides is 1. The van der Waals surface area contributed by atoms with Gasteiger partial charge in [-0.2, -0.15) is 0 Å². The molecule has 0 unspecified atom stereocenters. The number of nitrogens with zero attached hydrogens (tertiary/aromatic N) is 1. The van der Waals surface area contributed by atoms with Crippen LogP contribution in [-0.4, -0.2) is 47.0 Å². The average molecular weight is 516 g/mol. The van der Waals surface area contributed by atoms with Crippen LogP contribution in [0.1, 0.15) is 15.9 Å². The largest absolute Gasteiger partial charge is 0.383 e. The van der Waals surface area contributed by atoms with E-state index in [2.05, 4.69) is 10.6 Å². The molecule has 0 aliphatic carbocycles. The zero-order valence-electron chi connectivity index (χ0n) is 19.3. The number of hydrogen-bond donors (Lipinski definition) is 2. The van der Waals surface area contributed by atoms with Gasteiger partial charge in [-0.05, 0) is 48.9 Å². The Morgan fingerprint density at radius 2 is 1.69 bits per heavy atom. The predicted octanol–water partition coefficient (Wildman–Crippen LogP) is 3.86. The van der Waals surface area contributed by atoms with Crippen LogP contribution in [0.15, 0.2) is 77.7 Å². The highest BCUT2D eigenvalue weighted by atomic mass is 35.5. The Bertz CT molecular complexity index is 1300. The number of halogens is 1. The van der Waals surface area contributed by atoms with E-state index >= 15 is 0 Å². The lowest BCUT2D eigenvalue weighted by atomic mass is 10.1. The van der Waals surface area contributed by atoms with Crippen molar-refractivity contribution in [2.45, 2.75) is 11.8 Å². The third-order valence-corrected chi connectivity index (χ3v) is 7.10. The maximum absolute atomic E-state index is 13.5. The topological polar surface area (TPSA) is 105 Å². The number of amides is 2. The molecule has 3 rings (SSSR count). The molecule has 0 aliphatic rings. The van der Waals surface area contributed by atoms with Gasteiger partial charge in [-0.3, -0.25) is 13.9 Å². The number of benzene rings is 3. The lowest BCUT2D eigenvalue weighted by Crippen LogP contribution is -2.39. The van der Waals surface area contributed by atoms with Crippen molar-refractivity contribution in [1.29, 1.82) is 0 Å². The molecule has 8 nitrogen and oxygen atoms in total. The second kappa shape index (κ2) is 11.8. The molecule has 0 saturated carbocycles. The third kappa shape index (κ3) is 6.60. The van der Waals surface area contributed by atoms with Crippen molar-refractivity contribution in [3.63, 3.8) is 0 Å². The van der Waals surface area contributed by atoms with Gasteiger partial charge in [0.15, 0.2) is 0 Å². The molecule has 0 saturated heterocycles. The summed E-state index contributed by atoms with van der Waals surface area (Å²) >= 11 is 6.16. The monoisotopic (exact) mass is 515 g/mol. The lowest BCUT2D eigenvalue weighted by molar-refractivity contribution is -0.114. The molecular weight excluding hydrogens is 490 g/mol. The minimum atomic E-state index is -4.10. The number of carbonyl (C=O) groups excluding carboxylic acids is 2. The standard InChI is InChI=1S/C25H26ClN3O5S/c1-18-12-13-19(26)16-23(18)29(35(32,33)20-8-4-3-5-9-20)17-24(30)28-22-11-7-6-10-21(22)25(31)27-14-15-34-2/h3-13,16H,14-15,17H2,1-2H3,(H,27,31)(H,28,30). The second-order valence-electron chi connectivity index (χ2n) is 7.60. The van der Waals surface area contributed by atoms with Crippen LogP contribution in [0.4, 0.5) is 11.4 Å². The summed E-state index contributed by atoms with van der Waals surface area (Å²) in [6.45, 7) is 1.84. The first-order valence-electron chi connectivity index (χ1n) is 10.7. The number of para-hydroxylation sites is 1. The first-order valence-corrected chi connectivity index (χ1v) is 12.6. The van der Waals surface area contributed by atoms with Gasteiger partial charge in [0.25, 0.3) is 15.9 Å². The molecule has 0 aromatic heterocycles. The number of hydrogen-bond acceptors (Lipinski definition) is 5. The van der Waals surface area contributed by atoms with Gasteiger partial charge in [-0.15, -0.1) is 0 Å². The molecule has 0 radical (unpaired) electrons. The fourth-order valence-electron chi connectivity index (χ4n) is 3.34. The summed E-state index contributed by atoms with van der Waals surface area (Å²) in [6.07, 6.45) is 0. The zero-order valence-corrected chi connectivity index (χ0v) is 20.9. The van der Waals surface area contributed by atoms with Crippen LogP contribution in [0.2, 0.25) is 5.02 Å². The highest BCUT2D eigenvalue weighted by Gasteiger charge is 2.29. The first-order chi connectivity index (χ1) is 16.7. The van der Waals surface area contributed by atoms with Gasteiger partial charge in [-0.25, -0.2) is 8.42 Å². The molecule has 3 aromatic rings. The third-order valence-electron chi connectivity index (χ3n) is 5.10. The van der Waals surface area contributed by atoms with E-state index in [4.69, 9.17) is 16.3 Å². The Morgan fingerprint density at radius 1 is 1.00 bits per heavy atom. The van der Waals surface area contributed by atoms with E-state index in [-0.39, 0.29) is 21.8 Å². The molecule has 0 spiro atoms. The Morgan fingerprint density at radius 3 is 2.40 bits per heavy atom. The highest BCUT2D eigenvalue weighted by molar-refractivity contribution is 7.92. The van der Waals surface area contributed by atoms with Crippen molar-refractivity contribution in [3.8, 4) is 0 Å². The van der Waals surface area contributed by atoms with Gasteiger partial charge < -0.3 is 15.4 Å². The Labute approximate surface area is 209 Å². The molecule has 35 heavy (non-hydrogen) atoms. The lowest BCUT2D eigenvalue weighted by Gasteiger charge is -2.26. The van der Waals surface area contributed by atoms with E-state index in [1.807, 2.05) is 0 Å². The molecule has 10 heteroatoms. The van der Waals surface area contributed by atoms with Crippen molar-refractivity contribution in [1.82, 2.24) is 5.32 Å². The van der Waals surface area contributed by atoms with Gasteiger partial charge in [0.2, 0.25) is 5.91 Å². The summed E-state index contributed by atoms with van der Waals surface area (Å²) in [7, 11) is -2.58. The SMILES string of the molecule is COCCNC(=O)c1ccccc1NC(=O)CN(c1cc(Cl)ccc1C)S(=O)(=O)c1ccccc1. The Kier molecular flexibility index (Phi) is 8.86. The molecule has 3 aromatic carbocycles. The minimum absolute atomic E-state index is 0.0325. The van der Waals surface area contributed by atoms with E-state index in [0.717, 1.165) is 4.31 Å². The molecule has 0 heterocycles. The first kappa shape index (κ1) is 26.2. The maximum atomic E-state index is 13.5. The van der Waals surface area contributed by atoms with Crippen LogP contribution in [0.5, 0.6) is 0 Å². The molecule has 2 N–H and O–H groups in total. The number of carbonyl (C=O) groups is 2. The van der Waals surface area contributed by atoms with Crippen LogP contribution in [-0.2, 0) is 19.6 Å². The molecule has 0 aliphatic heterocycles. The number of nitrogens with one attached hydrogen (secondary N) is 2. The van der Waals surface area contributed by atoms with Crippen LogP contribution in [0.3, 0.4) is 0 Å². The van der Waals surface area contributed by atoms with Crippen molar-refractivity contribution in [2.24, 2.45) is 0 Å². The smallest absolute Gasteiger partial charge is 0.264 e. The van der Waals surface area contributed by atoms with Crippen molar-refractivity contribution >= 4 is 44.8 Å². The van der Waals surface area contributed by atoms with E-state index < -0.39 is 28.4 Å². The zero-order chi connectivity index (χ0) is 25.4. The minimum Gasteiger partial charge on any atom is -0.383 e. The molecule has 0 atom stereocenters. The fraction of sp³-hybridized carbons (Fsp3) is 0.200. The number of anilines is 2.